The second kappa shape index (κ2) is 14.1. The van der Waals surface area contributed by atoms with E-state index in [0.717, 1.165) is 12.8 Å². The molecule has 2 aromatic rings. The molecule has 9 nitrogen and oxygen atoms in total. The summed E-state index contributed by atoms with van der Waals surface area (Å²) in [6, 6.07) is 11.6. The first-order chi connectivity index (χ1) is 17.5. The van der Waals surface area contributed by atoms with Crippen molar-refractivity contribution in [2.24, 2.45) is 10.5 Å². The second-order valence-corrected chi connectivity index (χ2v) is 9.99. The van der Waals surface area contributed by atoms with Crippen molar-refractivity contribution in [2.45, 2.75) is 66.5 Å². The van der Waals surface area contributed by atoms with E-state index in [9.17, 15) is 9.59 Å². The Hall–Kier alpha value is -3.71. The minimum Gasteiger partial charge on any atom is -0.493 e. The number of hydrogen-bond donors (Lipinski definition) is 1. The average Bonchev–Trinajstić information content (AvgIpc) is 2.83. The summed E-state index contributed by atoms with van der Waals surface area (Å²) >= 11 is 0. The summed E-state index contributed by atoms with van der Waals surface area (Å²) in [5, 5.41) is 6.31. The van der Waals surface area contributed by atoms with Crippen LogP contribution in [0.4, 0.5) is 0 Å². The Morgan fingerprint density at radius 2 is 1.78 bits per heavy atom. The van der Waals surface area contributed by atoms with Gasteiger partial charge >= 0.3 is 5.97 Å². The van der Waals surface area contributed by atoms with Gasteiger partial charge in [0.05, 0.1) is 32.1 Å². The lowest BCUT2D eigenvalue weighted by Crippen LogP contribution is -2.41. The molecule has 0 aliphatic heterocycles. The molecule has 1 amide bonds. The van der Waals surface area contributed by atoms with E-state index >= 15 is 0 Å². The lowest BCUT2D eigenvalue weighted by Gasteiger charge is -2.24. The number of amides is 1. The van der Waals surface area contributed by atoms with Gasteiger partial charge in [0.15, 0.2) is 17.7 Å². The van der Waals surface area contributed by atoms with Crippen LogP contribution in [0, 0.1) is 19.3 Å². The van der Waals surface area contributed by atoms with Crippen molar-refractivity contribution in [1.29, 1.82) is 0 Å². The Kier molecular flexibility index (Phi) is 11.3. The molecule has 0 aromatic heterocycles. The third-order valence-corrected chi connectivity index (χ3v) is 5.79. The topological polar surface area (TPSA) is 123 Å². The van der Waals surface area contributed by atoms with Gasteiger partial charge in [-0.25, -0.2) is 0 Å². The molecule has 0 heterocycles. The van der Waals surface area contributed by atoms with Crippen LogP contribution in [0.5, 0.6) is 11.5 Å². The van der Waals surface area contributed by atoms with Crippen LogP contribution in [0.3, 0.4) is 0 Å². The molecule has 0 fully saturated rings. The van der Waals surface area contributed by atoms with Crippen molar-refractivity contribution in [2.75, 3.05) is 20.3 Å². The van der Waals surface area contributed by atoms with Crippen molar-refractivity contribution < 1.29 is 23.8 Å². The molecule has 200 valence electrons. The van der Waals surface area contributed by atoms with Crippen LogP contribution in [-0.4, -0.2) is 38.4 Å². The smallest absolute Gasteiger partial charge is 0.313 e. The molecule has 1 atom stereocenters. The fourth-order valence-electron chi connectivity index (χ4n) is 3.52. The van der Waals surface area contributed by atoms with Crippen LogP contribution < -0.4 is 14.8 Å². The molecular formula is C28H38N4O5. The molecule has 0 bridgehead atoms. The van der Waals surface area contributed by atoms with Crippen molar-refractivity contribution in [3.8, 4) is 11.5 Å². The van der Waals surface area contributed by atoms with E-state index in [2.05, 4.69) is 47.4 Å². The third kappa shape index (κ3) is 10.1. The molecule has 0 aliphatic rings. The Balaban J connectivity index is 2.02. The maximum Gasteiger partial charge on any atom is 0.313 e. The molecule has 0 saturated carbocycles. The minimum atomic E-state index is -0.726. The first-order valence-corrected chi connectivity index (χ1v) is 12.4. The minimum absolute atomic E-state index is 0.0795. The molecule has 1 unspecified atom stereocenters. The van der Waals surface area contributed by atoms with Gasteiger partial charge in [-0.15, -0.1) is 0 Å². The van der Waals surface area contributed by atoms with Gasteiger partial charge in [0, 0.05) is 11.3 Å². The van der Waals surface area contributed by atoms with Gasteiger partial charge in [-0.05, 0) is 87.4 Å². The van der Waals surface area contributed by atoms with Crippen LogP contribution in [-0.2, 0) is 27.2 Å². The van der Waals surface area contributed by atoms with Crippen molar-refractivity contribution in [3.63, 3.8) is 0 Å². The van der Waals surface area contributed by atoms with Crippen LogP contribution in [0.25, 0.3) is 10.4 Å². The largest absolute Gasteiger partial charge is 0.493 e. The average molecular weight is 511 g/mol. The molecular weight excluding hydrogens is 472 g/mol. The number of azide groups is 1. The van der Waals surface area contributed by atoms with Crippen LogP contribution in [0.2, 0.25) is 0 Å². The number of rotatable bonds is 13. The quantitative estimate of drug-likeness (QED) is 0.0938. The van der Waals surface area contributed by atoms with Crippen molar-refractivity contribution >= 4 is 11.9 Å². The standard InChI is InChI=1S/C28H38N4O5/c1-19-10-11-21(16-20(19)2)8-7-9-26(37-27(34)28(3,4)5)31-25(33)18-22-12-13-23(24(17-22)35-6)36-15-14-30-32-29/h10-13,16-17,26H,7-9,14-15,18H2,1-6H3,(H,31,33). The van der Waals surface area contributed by atoms with E-state index in [1.54, 1.807) is 39.0 Å². The van der Waals surface area contributed by atoms with Gasteiger partial charge in [-0.2, -0.15) is 0 Å². The highest BCUT2D eigenvalue weighted by Crippen LogP contribution is 2.28. The SMILES string of the molecule is COc1cc(CC(=O)NC(CCCc2ccc(C)c(C)c2)OC(=O)C(C)(C)C)ccc1OCCN=[N+]=[N-]. The molecule has 0 saturated heterocycles. The Bertz CT molecular complexity index is 1120. The first kappa shape index (κ1) is 29.5. The molecule has 2 aromatic carbocycles. The number of nitrogens with zero attached hydrogens (tertiary/aromatic N) is 3. The Morgan fingerprint density at radius 1 is 1.05 bits per heavy atom. The summed E-state index contributed by atoms with van der Waals surface area (Å²) in [6.45, 7) is 9.93. The van der Waals surface area contributed by atoms with Gasteiger partial charge in [0.2, 0.25) is 5.91 Å². The predicted molar refractivity (Wildman–Crippen MR) is 143 cm³/mol. The number of carbonyl (C=O) groups excluding carboxylic acids is 2. The van der Waals surface area contributed by atoms with E-state index in [0.29, 0.717) is 23.5 Å². The molecule has 0 spiro atoms. The van der Waals surface area contributed by atoms with E-state index < -0.39 is 11.6 Å². The van der Waals surface area contributed by atoms with E-state index in [-0.39, 0.29) is 31.4 Å². The second-order valence-electron chi connectivity index (χ2n) is 9.99. The molecule has 37 heavy (non-hydrogen) atoms. The third-order valence-electron chi connectivity index (χ3n) is 5.79. The number of methoxy groups -OCH3 is 1. The highest BCUT2D eigenvalue weighted by molar-refractivity contribution is 5.80. The van der Waals surface area contributed by atoms with Gasteiger partial charge in [0.25, 0.3) is 0 Å². The normalized spacial score (nSPS) is 11.7. The van der Waals surface area contributed by atoms with E-state index in [4.69, 9.17) is 19.7 Å². The van der Waals surface area contributed by atoms with Crippen molar-refractivity contribution in [1.82, 2.24) is 5.32 Å². The first-order valence-electron chi connectivity index (χ1n) is 12.4. The molecule has 1 N–H and O–H groups in total. The maximum absolute atomic E-state index is 12.9. The van der Waals surface area contributed by atoms with E-state index in [1.807, 2.05) is 0 Å². The van der Waals surface area contributed by atoms with Gasteiger partial charge in [-0.3, -0.25) is 9.59 Å². The number of carbonyl (C=O) groups is 2. The number of aryl methyl sites for hydroxylation is 3. The van der Waals surface area contributed by atoms with Crippen LogP contribution in [0.1, 0.15) is 55.9 Å². The molecule has 9 heteroatoms. The lowest BCUT2D eigenvalue weighted by atomic mass is 9.97. The number of hydrogen-bond acceptors (Lipinski definition) is 6. The summed E-state index contributed by atoms with van der Waals surface area (Å²) in [4.78, 5) is 28.1. The fourth-order valence-corrected chi connectivity index (χ4v) is 3.52. The molecule has 2 rings (SSSR count). The number of ether oxygens (including phenoxy) is 3. The monoisotopic (exact) mass is 510 g/mol. The number of nitrogens with one attached hydrogen (secondary N) is 1. The van der Waals surface area contributed by atoms with Crippen LogP contribution >= 0.6 is 0 Å². The van der Waals surface area contributed by atoms with Gasteiger partial charge in [0.1, 0.15) is 0 Å². The summed E-state index contributed by atoms with van der Waals surface area (Å²) < 4.78 is 16.6. The molecule has 0 aliphatic carbocycles. The summed E-state index contributed by atoms with van der Waals surface area (Å²) in [5.41, 5.74) is 12.1. The van der Waals surface area contributed by atoms with E-state index in [1.165, 1.54) is 23.8 Å². The fraction of sp³-hybridized carbons (Fsp3) is 0.500. The number of benzene rings is 2. The highest BCUT2D eigenvalue weighted by Gasteiger charge is 2.27. The zero-order chi connectivity index (χ0) is 27.4. The predicted octanol–water partition coefficient (Wildman–Crippen LogP) is 5.60. The summed E-state index contributed by atoms with van der Waals surface area (Å²) in [6.07, 6.45) is 1.42. The Labute approximate surface area is 219 Å². The van der Waals surface area contributed by atoms with Gasteiger partial charge in [-0.1, -0.05) is 29.4 Å². The zero-order valence-corrected chi connectivity index (χ0v) is 22.7. The zero-order valence-electron chi connectivity index (χ0n) is 22.7. The number of esters is 1. The summed E-state index contributed by atoms with van der Waals surface area (Å²) in [7, 11) is 1.51. The van der Waals surface area contributed by atoms with Crippen molar-refractivity contribution in [3.05, 3.63) is 69.1 Å². The highest BCUT2D eigenvalue weighted by atomic mass is 16.6. The Morgan fingerprint density at radius 3 is 2.43 bits per heavy atom. The molecule has 0 radical (unpaired) electrons. The maximum atomic E-state index is 12.9. The van der Waals surface area contributed by atoms with Crippen LogP contribution in [0.15, 0.2) is 41.5 Å². The van der Waals surface area contributed by atoms with Gasteiger partial charge < -0.3 is 19.5 Å². The summed E-state index contributed by atoms with van der Waals surface area (Å²) in [5.74, 6) is 0.323. The lowest BCUT2D eigenvalue weighted by molar-refractivity contribution is -0.161.